The van der Waals surface area contributed by atoms with Gasteiger partial charge in [-0.2, -0.15) is 0 Å². The molecule has 0 aliphatic rings. The largest absolute Gasteiger partial charge is 0.462 e. The number of ether oxygens (including phenoxy) is 2. The SMILES string of the molecule is CCOC(=O)c1c(C)[nH]c(C)c1C(=O)COC(=O)CNC(=O)c1ccccc1F. The van der Waals surface area contributed by atoms with Crippen molar-refractivity contribution in [3.05, 3.63) is 58.2 Å². The van der Waals surface area contributed by atoms with Crippen LogP contribution in [0.15, 0.2) is 24.3 Å². The summed E-state index contributed by atoms with van der Waals surface area (Å²) < 4.78 is 23.4. The lowest BCUT2D eigenvalue weighted by atomic mass is 10.1. The molecule has 0 bridgehead atoms. The average Bonchev–Trinajstić information content (AvgIpc) is 2.98. The van der Waals surface area contributed by atoms with Crippen molar-refractivity contribution in [2.45, 2.75) is 20.8 Å². The highest BCUT2D eigenvalue weighted by Gasteiger charge is 2.26. The van der Waals surface area contributed by atoms with Gasteiger partial charge in [0.15, 0.2) is 6.61 Å². The van der Waals surface area contributed by atoms with Crippen molar-refractivity contribution in [2.75, 3.05) is 19.8 Å². The summed E-state index contributed by atoms with van der Waals surface area (Å²) in [7, 11) is 0. The third-order valence-electron chi connectivity index (χ3n) is 4.01. The molecule has 9 heteroatoms. The molecule has 1 aromatic heterocycles. The maximum atomic E-state index is 13.5. The van der Waals surface area contributed by atoms with Crippen LogP contribution in [0.25, 0.3) is 0 Å². The molecule has 0 saturated carbocycles. The quantitative estimate of drug-likeness (QED) is 0.514. The Bertz CT molecular complexity index is 950. The molecule has 29 heavy (non-hydrogen) atoms. The molecule has 0 saturated heterocycles. The summed E-state index contributed by atoms with van der Waals surface area (Å²) in [5, 5.41) is 2.22. The number of hydrogen-bond donors (Lipinski definition) is 2. The van der Waals surface area contributed by atoms with Crippen LogP contribution < -0.4 is 5.32 Å². The number of halogens is 1. The molecule has 0 fully saturated rings. The lowest BCUT2D eigenvalue weighted by Gasteiger charge is -2.08. The fourth-order valence-corrected chi connectivity index (χ4v) is 2.75. The molecule has 154 valence electrons. The van der Waals surface area contributed by atoms with Crippen LogP contribution in [0.4, 0.5) is 4.39 Å². The van der Waals surface area contributed by atoms with Gasteiger partial charge in [-0.15, -0.1) is 0 Å². The van der Waals surface area contributed by atoms with Crippen LogP contribution in [0, 0.1) is 19.7 Å². The molecular formula is C20H21FN2O6. The average molecular weight is 404 g/mol. The number of carbonyl (C=O) groups excluding carboxylic acids is 4. The minimum atomic E-state index is -0.884. The van der Waals surface area contributed by atoms with Gasteiger partial charge in [0.05, 0.1) is 23.3 Å². The third kappa shape index (κ3) is 5.28. The number of aromatic amines is 1. The highest BCUT2D eigenvalue weighted by atomic mass is 19.1. The summed E-state index contributed by atoms with van der Waals surface area (Å²) >= 11 is 0. The second-order valence-corrected chi connectivity index (χ2v) is 6.09. The third-order valence-corrected chi connectivity index (χ3v) is 4.01. The number of benzene rings is 1. The summed E-state index contributed by atoms with van der Waals surface area (Å²) in [6.07, 6.45) is 0. The van der Waals surface area contributed by atoms with Gasteiger partial charge in [0, 0.05) is 11.4 Å². The van der Waals surface area contributed by atoms with Crippen molar-refractivity contribution in [3.8, 4) is 0 Å². The first-order valence-corrected chi connectivity index (χ1v) is 8.84. The number of esters is 2. The number of aryl methyl sites for hydroxylation is 2. The Morgan fingerprint density at radius 3 is 2.34 bits per heavy atom. The van der Waals surface area contributed by atoms with Gasteiger partial charge in [0.25, 0.3) is 5.91 Å². The molecule has 0 radical (unpaired) electrons. The molecule has 2 N–H and O–H groups in total. The number of amides is 1. The summed E-state index contributed by atoms with van der Waals surface area (Å²) in [4.78, 5) is 51.2. The molecule has 0 spiro atoms. The van der Waals surface area contributed by atoms with Gasteiger partial charge in [-0.3, -0.25) is 14.4 Å². The summed E-state index contributed by atoms with van der Waals surface area (Å²) in [6, 6.07) is 5.31. The van der Waals surface area contributed by atoms with E-state index in [4.69, 9.17) is 9.47 Å². The van der Waals surface area contributed by atoms with E-state index in [1.807, 2.05) is 0 Å². The highest BCUT2D eigenvalue weighted by molar-refractivity contribution is 6.09. The topological polar surface area (TPSA) is 115 Å². The van der Waals surface area contributed by atoms with Crippen LogP contribution >= 0.6 is 0 Å². The first-order chi connectivity index (χ1) is 13.8. The van der Waals surface area contributed by atoms with E-state index in [0.29, 0.717) is 11.4 Å². The van der Waals surface area contributed by atoms with E-state index in [-0.39, 0.29) is 23.3 Å². The predicted molar refractivity (Wildman–Crippen MR) is 100 cm³/mol. The normalized spacial score (nSPS) is 10.3. The Labute approximate surface area is 166 Å². The summed E-state index contributed by atoms with van der Waals surface area (Å²) in [5.74, 6) is -3.64. The zero-order valence-corrected chi connectivity index (χ0v) is 16.3. The minimum Gasteiger partial charge on any atom is -0.462 e. The van der Waals surface area contributed by atoms with Crippen LogP contribution in [0.5, 0.6) is 0 Å². The maximum Gasteiger partial charge on any atom is 0.340 e. The zero-order chi connectivity index (χ0) is 21.6. The molecule has 0 atom stereocenters. The summed E-state index contributed by atoms with van der Waals surface area (Å²) in [5.41, 5.74) is 0.878. The van der Waals surface area contributed by atoms with Crippen LogP contribution in [0.2, 0.25) is 0 Å². The number of H-pyrrole nitrogens is 1. The lowest BCUT2D eigenvalue weighted by Crippen LogP contribution is -2.32. The summed E-state index contributed by atoms with van der Waals surface area (Å²) in [6.45, 7) is 3.85. The monoisotopic (exact) mass is 404 g/mol. The van der Waals surface area contributed by atoms with E-state index in [1.54, 1.807) is 20.8 Å². The fourth-order valence-electron chi connectivity index (χ4n) is 2.75. The Morgan fingerprint density at radius 2 is 1.69 bits per heavy atom. The van der Waals surface area contributed by atoms with Crippen molar-refractivity contribution in [3.63, 3.8) is 0 Å². The molecule has 2 rings (SSSR count). The lowest BCUT2D eigenvalue weighted by molar-refractivity contribution is -0.141. The van der Waals surface area contributed by atoms with Gasteiger partial charge < -0.3 is 19.8 Å². The number of hydrogen-bond acceptors (Lipinski definition) is 6. The van der Waals surface area contributed by atoms with E-state index in [9.17, 15) is 23.6 Å². The molecule has 1 heterocycles. The van der Waals surface area contributed by atoms with Crippen LogP contribution in [-0.2, 0) is 14.3 Å². The maximum absolute atomic E-state index is 13.5. The Hall–Kier alpha value is -3.49. The van der Waals surface area contributed by atoms with Crippen molar-refractivity contribution < 1.29 is 33.0 Å². The van der Waals surface area contributed by atoms with Gasteiger partial charge in [0.1, 0.15) is 12.4 Å². The highest BCUT2D eigenvalue weighted by Crippen LogP contribution is 2.20. The number of rotatable bonds is 8. The molecule has 0 aliphatic carbocycles. The van der Waals surface area contributed by atoms with E-state index < -0.39 is 42.6 Å². The van der Waals surface area contributed by atoms with E-state index in [0.717, 1.165) is 6.07 Å². The van der Waals surface area contributed by atoms with E-state index in [1.165, 1.54) is 18.2 Å². The Morgan fingerprint density at radius 1 is 1.03 bits per heavy atom. The number of ketones is 1. The number of aromatic nitrogens is 1. The number of nitrogens with one attached hydrogen (secondary N) is 2. The van der Waals surface area contributed by atoms with Gasteiger partial charge >= 0.3 is 11.9 Å². The first-order valence-electron chi connectivity index (χ1n) is 8.84. The molecule has 0 unspecified atom stereocenters. The Kier molecular flexibility index (Phi) is 7.24. The minimum absolute atomic E-state index is 0.0872. The predicted octanol–water partition coefficient (Wildman–Crippen LogP) is 2.10. The second kappa shape index (κ2) is 9.63. The molecule has 2 aromatic rings. The second-order valence-electron chi connectivity index (χ2n) is 6.09. The number of carbonyl (C=O) groups is 4. The molecule has 1 aromatic carbocycles. The van der Waals surface area contributed by atoms with Crippen LogP contribution in [-0.4, -0.2) is 48.4 Å². The van der Waals surface area contributed by atoms with Crippen molar-refractivity contribution in [2.24, 2.45) is 0 Å². The number of Topliss-reactive ketones (excluding diaryl/α,β-unsaturated/α-hetero) is 1. The smallest absolute Gasteiger partial charge is 0.340 e. The van der Waals surface area contributed by atoms with E-state index in [2.05, 4.69) is 10.3 Å². The fraction of sp³-hybridized carbons (Fsp3) is 0.300. The molecular weight excluding hydrogens is 383 g/mol. The first kappa shape index (κ1) is 21.8. The zero-order valence-electron chi connectivity index (χ0n) is 16.3. The standard InChI is InChI=1S/C20H21FN2O6/c1-4-28-20(27)18-12(3)23-11(2)17(18)15(24)10-29-16(25)9-22-19(26)13-7-5-6-8-14(13)21/h5-8,23H,4,9-10H2,1-3H3,(H,22,26). The van der Waals surface area contributed by atoms with Gasteiger partial charge in [-0.1, -0.05) is 12.1 Å². The van der Waals surface area contributed by atoms with Gasteiger partial charge in [-0.25, -0.2) is 9.18 Å². The van der Waals surface area contributed by atoms with Crippen molar-refractivity contribution >= 4 is 23.6 Å². The van der Waals surface area contributed by atoms with Crippen LogP contribution in [0.3, 0.4) is 0 Å². The Balaban J connectivity index is 1.96. The molecule has 8 nitrogen and oxygen atoms in total. The van der Waals surface area contributed by atoms with Crippen LogP contribution in [0.1, 0.15) is 49.4 Å². The van der Waals surface area contributed by atoms with Crippen molar-refractivity contribution in [1.29, 1.82) is 0 Å². The van der Waals surface area contributed by atoms with E-state index >= 15 is 0 Å². The van der Waals surface area contributed by atoms with Gasteiger partial charge in [-0.05, 0) is 32.9 Å². The molecule has 1 amide bonds. The van der Waals surface area contributed by atoms with Crippen molar-refractivity contribution in [1.82, 2.24) is 10.3 Å². The molecule has 0 aliphatic heterocycles. The van der Waals surface area contributed by atoms with Gasteiger partial charge in [0.2, 0.25) is 5.78 Å².